The molecule has 0 saturated carbocycles. The molecule has 6 nitrogen and oxygen atoms in total. The summed E-state index contributed by atoms with van der Waals surface area (Å²) in [6.07, 6.45) is 5.36. The number of nitrogens with zero attached hydrogens (tertiary/aromatic N) is 5. The second-order valence-electron chi connectivity index (χ2n) is 5.11. The fourth-order valence-corrected chi connectivity index (χ4v) is 2.73. The zero-order valence-electron chi connectivity index (χ0n) is 12.4. The summed E-state index contributed by atoms with van der Waals surface area (Å²) in [7, 11) is 0. The van der Waals surface area contributed by atoms with E-state index in [0.717, 1.165) is 37.7 Å². The van der Waals surface area contributed by atoms with Crippen LogP contribution in [0, 0.1) is 4.77 Å². The first kappa shape index (κ1) is 15.1. The second kappa shape index (κ2) is 6.95. The van der Waals surface area contributed by atoms with E-state index >= 15 is 0 Å². The molecule has 0 amide bonds. The maximum atomic E-state index is 5.59. The zero-order chi connectivity index (χ0) is 15.4. The van der Waals surface area contributed by atoms with Gasteiger partial charge in [-0.1, -0.05) is 6.08 Å². The van der Waals surface area contributed by atoms with Gasteiger partial charge in [0.05, 0.1) is 19.9 Å². The Labute approximate surface area is 134 Å². The molecule has 116 valence electrons. The predicted octanol–water partition coefficient (Wildman–Crippen LogP) is 1.95. The Kier molecular flexibility index (Phi) is 4.77. The van der Waals surface area contributed by atoms with Crippen LogP contribution in [0.5, 0.6) is 0 Å². The first-order valence-electron chi connectivity index (χ1n) is 7.28. The van der Waals surface area contributed by atoms with Crippen LogP contribution in [0.15, 0.2) is 37.2 Å². The van der Waals surface area contributed by atoms with Crippen LogP contribution in [-0.4, -0.2) is 50.5 Å². The number of allylic oxidation sites excluding steroid dienone is 1. The van der Waals surface area contributed by atoms with Gasteiger partial charge in [-0.3, -0.25) is 14.5 Å². The van der Waals surface area contributed by atoms with Gasteiger partial charge in [0.25, 0.3) is 0 Å². The highest BCUT2D eigenvalue weighted by atomic mass is 32.1. The second-order valence-corrected chi connectivity index (χ2v) is 5.48. The summed E-state index contributed by atoms with van der Waals surface area (Å²) in [4.78, 5) is 6.35. The lowest BCUT2D eigenvalue weighted by atomic mass is 10.2. The van der Waals surface area contributed by atoms with Crippen LogP contribution in [0.4, 0.5) is 0 Å². The van der Waals surface area contributed by atoms with E-state index in [1.165, 1.54) is 0 Å². The molecule has 0 radical (unpaired) electrons. The molecular formula is C15H19N5OS. The third-order valence-corrected chi connectivity index (χ3v) is 4.04. The number of aromatic nitrogens is 4. The minimum Gasteiger partial charge on any atom is -0.379 e. The van der Waals surface area contributed by atoms with E-state index in [2.05, 4.69) is 16.5 Å². The average Bonchev–Trinajstić information content (AvgIpc) is 2.87. The molecule has 2 aromatic heterocycles. The molecule has 0 aliphatic carbocycles. The molecule has 0 aromatic carbocycles. The summed E-state index contributed by atoms with van der Waals surface area (Å²) >= 11 is 5.59. The zero-order valence-corrected chi connectivity index (χ0v) is 13.2. The first-order chi connectivity index (χ1) is 10.8. The van der Waals surface area contributed by atoms with Crippen molar-refractivity contribution in [1.29, 1.82) is 0 Å². The summed E-state index contributed by atoms with van der Waals surface area (Å²) in [6, 6.07) is 3.88. The Hall–Kier alpha value is -1.83. The minimum absolute atomic E-state index is 0.638. The molecule has 1 aliphatic heterocycles. The monoisotopic (exact) mass is 317 g/mol. The van der Waals surface area contributed by atoms with Gasteiger partial charge in [-0.2, -0.15) is 5.10 Å². The van der Waals surface area contributed by atoms with Crippen molar-refractivity contribution in [3.63, 3.8) is 0 Å². The SMILES string of the molecule is C=CCn1c(-c2ccncc2)nn(CN2CCOCC2)c1=S. The quantitative estimate of drug-likeness (QED) is 0.623. The molecule has 0 unspecified atom stereocenters. The van der Waals surface area contributed by atoms with Crippen LogP contribution in [0.2, 0.25) is 0 Å². The van der Waals surface area contributed by atoms with E-state index in [1.54, 1.807) is 12.4 Å². The highest BCUT2D eigenvalue weighted by molar-refractivity contribution is 7.71. The van der Waals surface area contributed by atoms with E-state index in [9.17, 15) is 0 Å². The lowest BCUT2D eigenvalue weighted by molar-refractivity contribution is 0.0209. The summed E-state index contributed by atoms with van der Waals surface area (Å²) in [5.41, 5.74) is 1.00. The van der Waals surface area contributed by atoms with E-state index in [0.29, 0.717) is 18.0 Å². The Balaban J connectivity index is 1.94. The Morgan fingerprint density at radius 2 is 2.00 bits per heavy atom. The van der Waals surface area contributed by atoms with Crippen LogP contribution in [0.1, 0.15) is 0 Å². The van der Waals surface area contributed by atoms with Crippen LogP contribution >= 0.6 is 12.2 Å². The summed E-state index contributed by atoms with van der Waals surface area (Å²) < 4.78 is 9.96. The highest BCUT2D eigenvalue weighted by Crippen LogP contribution is 2.18. The predicted molar refractivity (Wildman–Crippen MR) is 86.9 cm³/mol. The molecule has 0 spiro atoms. The molecule has 1 aliphatic rings. The van der Waals surface area contributed by atoms with Gasteiger partial charge >= 0.3 is 0 Å². The fourth-order valence-electron chi connectivity index (χ4n) is 2.47. The Bertz CT molecular complexity index is 688. The Morgan fingerprint density at radius 3 is 2.68 bits per heavy atom. The molecule has 22 heavy (non-hydrogen) atoms. The third kappa shape index (κ3) is 3.16. The Morgan fingerprint density at radius 1 is 1.27 bits per heavy atom. The van der Waals surface area contributed by atoms with E-state index in [4.69, 9.17) is 22.1 Å². The maximum Gasteiger partial charge on any atom is 0.199 e. The van der Waals surface area contributed by atoms with Crippen molar-refractivity contribution in [2.24, 2.45) is 0 Å². The van der Waals surface area contributed by atoms with Gasteiger partial charge in [-0.05, 0) is 24.4 Å². The third-order valence-electron chi connectivity index (χ3n) is 3.61. The number of hydrogen-bond acceptors (Lipinski definition) is 5. The van der Waals surface area contributed by atoms with Crippen LogP contribution in [0.3, 0.4) is 0 Å². The lowest BCUT2D eigenvalue weighted by Crippen LogP contribution is -2.37. The number of pyridine rings is 1. The van der Waals surface area contributed by atoms with Crippen molar-refractivity contribution in [2.75, 3.05) is 26.3 Å². The molecule has 0 bridgehead atoms. The van der Waals surface area contributed by atoms with Crippen molar-refractivity contribution in [3.8, 4) is 11.4 Å². The summed E-state index contributed by atoms with van der Waals surface area (Å²) in [6.45, 7) is 8.47. The molecule has 0 N–H and O–H groups in total. The smallest absolute Gasteiger partial charge is 0.199 e. The van der Waals surface area contributed by atoms with Crippen molar-refractivity contribution in [1.82, 2.24) is 24.2 Å². The van der Waals surface area contributed by atoms with E-state index in [-0.39, 0.29) is 0 Å². The average molecular weight is 317 g/mol. The molecule has 0 atom stereocenters. The maximum absolute atomic E-state index is 5.59. The highest BCUT2D eigenvalue weighted by Gasteiger charge is 2.16. The minimum atomic E-state index is 0.638. The number of morpholine rings is 1. The molecule has 7 heteroatoms. The van der Waals surface area contributed by atoms with Crippen molar-refractivity contribution in [3.05, 3.63) is 42.0 Å². The van der Waals surface area contributed by atoms with Gasteiger partial charge in [0.15, 0.2) is 10.6 Å². The van der Waals surface area contributed by atoms with E-state index in [1.807, 2.05) is 27.5 Å². The molecular weight excluding hydrogens is 298 g/mol. The van der Waals surface area contributed by atoms with Crippen LogP contribution in [0.25, 0.3) is 11.4 Å². The van der Waals surface area contributed by atoms with Crippen LogP contribution in [-0.2, 0) is 18.0 Å². The first-order valence-corrected chi connectivity index (χ1v) is 7.69. The normalized spacial score (nSPS) is 15.8. The topological polar surface area (TPSA) is 48.1 Å². The van der Waals surface area contributed by atoms with Gasteiger partial charge < -0.3 is 4.74 Å². The molecule has 3 heterocycles. The van der Waals surface area contributed by atoms with E-state index < -0.39 is 0 Å². The largest absolute Gasteiger partial charge is 0.379 e. The molecule has 1 fully saturated rings. The fraction of sp³-hybridized carbons (Fsp3) is 0.400. The standard InChI is InChI=1S/C15H19N5OS/c1-2-7-19-14(13-3-5-16-6-4-13)17-20(15(19)22)12-18-8-10-21-11-9-18/h2-6H,1,7-12H2. The summed E-state index contributed by atoms with van der Waals surface area (Å²) in [5.74, 6) is 0.848. The molecule has 2 aromatic rings. The van der Waals surface area contributed by atoms with Gasteiger partial charge in [-0.15, -0.1) is 6.58 Å². The van der Waals surface area contributed by atoms with Gasteiger partial charge in [0.2, 0.25) is 0 Å². The van der Waals surface area contributed by atoms with Crippen molar-refractivity contribution < 1.29 is 4.74 Å². The number of ether oxygens (including phenoxy) is 1. The van der Waals surface area contributed by atoms with Crippen molar-refractivity contribution in [2.45, 2.75) is 13.2 Å². The van der Waals surface area contributed by atoms with Crippen molar-refractivity contribution >= 4 is 12.2 Å². The summed E-state index contributed by atoms with van der Waals surface area (Å²) in [5, 5.41) is 4.71. The molecule has 3 rings (SSSR count). The molecule has 1 saturated heterocycles. The lowest BCUT2D eigenvalue weighted by Gasteiger charge is -2.26. The van der Waals surface area contributed by atoms with Gasteiger partial charge in [-0.25, -0.2) is 4.68 Å². The van der Waals surface area contributed by atoms with Gasteiger partial charge in [0, 0.05) is 37.6 Å². The number of rotatable bonds is 5. The van der Waals surface area contributed by atoms with Gasteiger partial charge in [0.1, 0.15) is 0 Å². The number of hydrogen-bond donors (Lipinski definition) is 0. The van der Waals surface area contributed by atoms with Crippen LogP contribution < -0.4 is 0 Å².